The molecule has 0 fully saturated rings. The first kappa shape index (κ1) is 21.9. The number of carbonyl (C=O) groups is 3. The van der Waals surface area contributed by atoms with Crippen LogP contribution in [0.1, 0.15) is 40.4 Å². The van der Waals surface area contributed by atoms with Crippen LogP contribution in [-0.2, 0) is 16.1 Å². The predicted octanol–water partition coefficient (Wildman–Crippen LogP) is 2.56. The van der Waals surface area contributed by atoms with Gasteiger partial charge in [-0.25, -0.2) is 4.79 Å². The number of nitrogens with zero attached hydrogens (tertiary/aromatic N) is 4. The zero-order chi connectivity index (χ0) is 23.5. The molecule has 0 radical (unpaired) electrons. The molecule has 2 amide bonds. The Morgan fingerprint density at radius 2 is 1.58 bits per heavy atom. The Hall–Kier alpha value is -4.34. The lowest BCUT2D eigenvalue weighted by Crippen LogP contribution is -2.48. The maximum atomic E-state index is 13.0. The van der Waals surface area contributed by atoms with E-state index < -0.39 is 23.8 Å². The first-order chi connectivity index (χ1) is 15.8. The van der Waals surface area contributed by atoms with E-state index in [-0.39, 0.29) is 41.4 Å². The number of carbonyl (C=O) groups excluding carboxylic acids is 3. The second-order valence-corrected chi connectivity index (χ2v) is 7.75. The van der Waals surface area contributed by atoms with Gasteiger partial charge in [-0.15, -0.1) is 0 Å². The molecule has 1 aliphatic rings. The number of fused-ring (bicyclic) bond motifs is 1. The van der Waals surface area contributed by atoms with Gasteiger partial charge in [0.1, 0.15) is 6.04 Å². The number of hydrogen-bond acceptors (Lipinski definition) is 9. The van der Waals surface area contributed by atoms with Gasteiger partial charge in [0.2, 0.25) is 11.9 Å². The summed E-state index contributed by atoms with van der Waals surface area (Å²) in [4.78, 5) is 51.9. The fraction of sp³-hybridized carbons (Fsp3) is 0.217. The number of aromatic nitrogens is 3. The molecule has 3 aromatic rings. The van der Waals surface area contributed by atoms with E-state index in [0.29, 0.717) is 0 Å². The van der Waals surface area contributed by atoms with E-state index >= 15 is 0 Å². The molecule has 168 valence electrons. The van der Waals surface area contributed by atoms with Crippen molar-refractivity contribution in [2.75, 3.05) is 11.1 Å². The maximum absolute atomic E-state index is 13.0. The van der Waals surface area contributed by atoms with Crippen molar-refractivity contribution in [3.63, 3.8) is 0 Å². The summed E-state index contributed by atoms with van der Waals surface area (Å²) >= 11 is 0. The Kier molecular flexibility index (Phi) is 5.99. The minimum Gasteiger partial charge on any atom is -0.456 e. The lowest BCUT2D eigenvalue weighted by Gasteiger charge is -2.27. The van der Waals surface area contributed by atoms with Crippen molar-refractivity contribution in [3.05, 3.63) is 71.5 Å². The van der Waals surface area contributed by atoms with E-state index in [1.807, 2.05) is 30.3 Å². The molecule has 4 rings (SSSR count). The van der Waals surface area contributed by atoms with Gasteiger partial charge in [-0.05, 0) is 30.2 Å². The molecule has 0 spiro atoms. The minimum absolute atomic E-state index is 0.0461. The third-order valence-corrected chi connectivity index (χ3v) is 5.05. The van der Waals surface area contributed by atoms with Crippen molar-refractivity contribution in [1.29, 1.82) is 0 Å². The molecule has 1 aliphatic heterocycles. The molecule has 0 unspecified atom stereocenters. The zero-order valence-electron chi connectivity index (χ0n) is 18.1. The van der Waals surface area contributed by atoms with Gasteiger partial charge in [-0.1, -0.05) is 44.2 Å². The van der Waals surface area contributed by atoms with Crippen molar-refractivity contribution >= 4 is 35.4 Å². The fourth-order valence-electron chi connectivity index (χ4n) is 3.57. The molecule has 10 heteroatoms. The standard InChI is InChI=1S/C23H22N6O4/c1-13(2)18(29-19(30)15-10-6-7-11-16(15)20(29)31)21(32)33-12-17-26-22(24)28-23(27-17)25-14-8-4-3-5-9-14/h3-11,13,18H,12H2,1-2H3,(H3,24,25,26,27,28)/t18-/m0/s1. The molecular formula is C23H22N6O4. The van der Waals surface area contributed by atoms with Crippen molar-refractivity contribution in [2.24, 2.45) is 5.92 Å². The van der Waals surface area contributed by atoms with Crippen molar-refractivity contribution in [2.45, 2.75) is 26.5 Å². The number of ether oxygens (including phenoxy) is 1. The van der Waals surface area contributed by atoms with E-state index in [2.05, 4.69) is 20.3 Å². The number of esters is 1. The highest BCUT2D eigenvalue weighted by atomic mass is 16.5. The Balaban J connectivity index is 1.49. The maximum Gasteiger partial charge on any atom is 0.330 e. The Labute approximate surface area is 189 Å². The number of rotatable bonds is 7. The molecule has 2 aromatic carbocycles. The largest absolute Gasteiger partial charge is 0.456 e. The molecular weight excluding hydrogens is 424 g/mol. The topological polar surface area (TPSA) is 140 Å². The fourth-order valence-corrected chi connectivity index (χ4v) is 3.57. The van der Waals surface area contributed by atoms with Gasteiger partial charge in [0, 0.05) is 5.69 Å². The van der Waals surface area contributed by atoms with Gasteiger partial charge in [0.05, 0.1) is 11.1 Å². The molecule has 33 heavy (non-hydrogen) atoms. The van der Waals surface area contributed by atoms with Crippen molar-refractivity contribution < 1.29 is 19.1 Å². The number of imide groups is 1. The number of nitrogens with two attached hydrogens (primary N) is 1. The zero-order valence-corrected chi connectivity index (χ0v) is 18.1. The molecule has 0 bridgehead atoms. The third-order valence-electron chi connectivity index (χ3n) is 5.05. The van der Waals surface area contributed by atoms with Crippen LogP contribution in [0, 0.1) is 5.92 Å². The van der Waals surface area contributed by atoms with Gasteiger partial charge in [-0.3, -0.25) is 14.5 Å². The highest BCUT2D eigenvalue weighted by Gasteiger charge is 2.44. The average molecular weight is 446 g/mol. The number of para-hydroxylation sites is 1. The van der Waals surface area contributed by atoms with Gasteiger partial charge in [0.25, 0.3) is 11.8 Å². The van der Waals surface area contributed by atoms with E-state index in [0.717, 1.165) is 10.6 Å². The van der Waals surface area contributed by atoms with Crippen LogP contribution in [0.25, 0.3) is 0 Å². The summed E-state index contributed by atoms with van der Waals surface area (Å²) in [6, 6.07) is 14.6. The second-order valence-electron chi connectivity index (χ2n) is 7.75. The van der Waals surface area contributed by atoms with E-state index in [4.69, 9.17) is 10.5 Å². The number of amides is 2. The van der Waals surface area contributed by atoms with E-state index in [1.54, 1.807) is 38.1 Å². The summed E-state index contributed by atoms with van der Waals surface area (Å²) in [6.07, 6.45) is 0. The van der Waals surface area contributed by atoms with Crippen LogP contribution in [0.4, 0.5) is 17.6 Å². The smallest absolute Gasteiger partial charge is 0.330 e. The van der Waals surface area contributed by atoms with Crippen LogP contribution in [0.2, 0.25) is 0 Å². The first-order valence-electron chi connectivity index (χ1n) is 10.3. The lowest BCUT2D eigenvalue weighted by atomic mass is 10.0. The van der Waals surface area contributed by atoms with Crippen LogP contribution in [0.15, 0.2) is 54.6 Å². The van der Waals surface area contributed by atoms with Crippen LogP contribution in [-0.4, -0.2) is 43.7 Å². The first-order valence-corrected chi connectivity index (χ1v) is 10.3. The summed E-state index contributed by atoms with van der Waals surface area (Å²) in [5.41, 5.74) is 7.05. The molecule has 1 atom stereocenters. The quantitative estimate of drug-likeness (QED) is 0.414. The van der Waals surface area contributed by atoms with E-state index in [9.17, 15) is 14.4 Å². The molecule has 0 saturated carbocycles. The summed E-state index contributed by atoms with van der Waals surface area (Å²) in [5, 5.41) is 3.00. The van der Waals surface area contributed by atoms with Crippen LogP contribution in [0.3, 0.4) is 0 Å². The summed E-state index contributed by atoms with van der Waals surface area (Å²) in [5.74, 6) is -1.89. The van der Waals surface area contributed by atoms with Crippen LogP contribution < -0.4 is 11.1 Å². The Morgan fingerprint density at radius 1 is 0.970 bits per heavy atom. The molecule has 0 saturated heterocycles. The summed E-state index contributed by atoms with van der Waals surface area (Å²) < 4.78 is 5.40. The summed E-state index contributed by atoms with van der Waals surface area (Å²) in [7, 11) is 0. The second kappa shape index (κ2) is 9.03. The number of benzene rings is 2. The molecule has 1 aromatic heterocycles. The SMILES string of the molecule is CC(C)[C@@H](C(=O)OCc1nc(N)nc(Nc2ccccc2)n1)N1C(=O)c2ccccc2C1=O. The normalized spacial score (nSPS) is 13.7. The number of hydrogen-bond donors (Lipinski definition) is 2. The number of nitrogens with one attached hydrogen (secondary N) is 1. The highest BCUT2D eigenvalue weighted by Crippen LogP contribution is 2.27. The molecule has 3 N–H and O–H groups in total. The molecule has 0 aliphatic carbocycles. The van der Waals surface area contributed by atoms with Crippen molar-refractivity contribution in [3.8, 4) is 0 Å². The number of nitrogen functional groups attached to an aromatic ring is 1. The van der Waals surface area contributed by atoms with Gasteiger partial charge in [-0.2, -0.15) is 15.0 Å². The Morgan fingerprint density at radius 3 is 2.18 bits per heavy atom. The summed E-state index contributed by atoms with van der Waals surface area (Å²) in [6.45, 7) is 3.16. The van der Waals surface area contributed by atoms with E-state index in [1.165, 1.54) is 0 Å². The Bertz CT molecular complexity index is 1180. The van der Waals surface area contributed by atoms with Crippen LogP contribution in [0.5, 0.6) is 0 Å². The van der Waals surface area contributed by atoms with Gasteiger partial charge >= 0.3 is 5.97 Å². The highest BCUT2D eigenvalue weighted by molar-refractivity contribution is 6.22. The molecule has 10 nitrogen and oxygen atoms in total. The van der Waals surface area contributed by atoms with Gasteiger partial charge in [0.15, 0.2) is 12.4 Å². The monoisotopic (exact) mass is 446 g/mol. The predicted molar refractivity (Wildman–Crippen MR) is 119 cm³/mol. The van der Waals surface area contributed by atoms with Crippen LogP contribution >= 0.6 is 0 Å². The van der Waals surface area contributed by atoms with Crippen molar-refractivity contribution in [1.82, 2.24) is 19.9 Å². The lowest BCUT2D eigenvalue weighted by molar-refractivity contribution is -0.151. The average Bonchev–Trinajstić information content (AvgIpc) is 3.03. The van der Waals surface area contributed by atoms with Gasteiger partial charge < -0.3 is 15.8 Å². The minimum atomic E-state index is -1.10. The molecule has 2 heterocycles. The number of anilines is 3. The third kappa shape index (κ3) is 4.49.